The van der Waals surface area contributed by atoms with Crippen LogP contribution in [-0.2, 0) is 0 Å². The number of hydrogen-bond acceptors (Lipinski definition) is 4. The van der Waals surface area contributed by atoms with Crippen LogP contribution in [0.25, 0.3) is 0 Å². The molecular formula is C17H18N2O3. The summed E-state index contributed by atoms with van der Waals surface area (Å²) in [7, 11) is 1.60. The molecule has 22 heavy (non-hydrogen) atoms. The van der Waals surface area contributed by atoms with Gasteiger partial charge in [0, 0.05) is 17.3 Å². The molecule has 0 radical (unpaired) electrons. The average molecular weight is 298 g/mol. The van der Waals surface area contributed by atoms with Gasteiger partial charge in [0.2, 0.25) is 5.88 Å². The topological polar surface area (TPSA) is 51.7 Å². The monoisotopic (exact) mass is 298 g/mol. The van der Waals surface area contributed by atoms with Gasteiger partial charge in [-0.3, -0.25) is 4.79 Å². The normalized spacial score (nSPS) is 14.4. The zero-order valence-electron chi connectivity index (χ0n) is 12.7. The number of rotatable bonds is 4. The highest BCUT2D eigenvalue weighted by Gasteiger charge is 2.33. The number of aryl methyl sites for hydroxylation is 1. The Balaban J connectivity index is 1.55. The third kappa shape index (κ3) is 3.03. The molecule has 5 nitrogen and oxygen atoms in total. The number of methoxy groups -OCH3 is 1. The SMILES string of the molecule is COc1ccc(C(=O)N2CC(Oc3cccc(C)n3)C2)cc1. The Morgan fingerprint density at radius 2 is 1.91 bits per heavy atom. The number of ether oxygens (including phenoxy) is 2. The molecule has 2 aromatic rings. The predicted octanol–water partition coefficient (Wildman–Crippen LogP) is 2.30. The summed E-state index contributed by atoms with van der Waals surface area (Å²) in [6.45, 7) is 3.09. The van der Waals surface area contributed by atoms with E-state index < -0.39 is 0 Å². The first-order valence-electron chi connectivity index (χ1n) is 7.19. The Morgan fingerprint density at radius 1 is 1.18 bits per heavy atom. The van der Waals surface area contributed by atoms with E-state index in [0.29, 0.717) is 24.5 Å². The second kappa shape index (κ2) is 6.05. The molecule has 3 rings (SSSR count). The summed E-state index contributed by atoms with van der Waals surface area (Å²) in [4.78, 5) is 18.4. The highest BCUT2D eigenvalue weighted by molar-refractivity contribution is 5.94. The Labute approximate surface area is 129 Å². The van der Waals surface area contributed by atoms with Gasteiger partial charge in [-0.25, -0.2) is 4.98 Å². The first-order chi connectivity index (χ1) is 10.7. The lowest BCUT2D eigenvalue weighted by atomic mass is 10.1. The minimum absolute atomic E-state index is 0.0106. The van der Waals surface area contributed by atoms with Crippen molar-refractivity contribution in [1.29, 1.82) is 0 Å². The van der Waals surface area contributed by atoms with E-state index in [9.17, 15) is 4.79 Å². The lowest BCUT2D eigenvalue weighted by molar-refractivity contribution is 0.0159. The molecule has 1 fully saturated rings. The molecule has 1 amide bonds. The van der Waals surface area contributed by atoms with E-state index in [1.165, 1.54) is 0 Å². The first-order valence-corrected chi connectivity index (χ1v) is 7.19. The van der Waals surface area contributed by atoms with E-state index in [1.54, 1.807) is 36.3 Å². The molecule has 2 heterocycles. The van der Waals surface area contributed by atoms with Crippen LogP contribution in [0.1, 0.15) is 16.1 Å². The molecule has 0 aliphatic carbocycles. The van der Waals surface area contributed by atoms with Crippen molar-refractivity contribution in [2.24, 2.45) is 0 Å². The fraction of sp³-hybridized carbons (Fsp3) is 0.294. The van der Waals surface area contributed by atoms with Crippen LogP contribution < -0.4 is 9.47 Å². The van der Waals surface area contributed by atoms with Gasteiger partial charge in [0.15, 0.2) is 0 Å². The van der Waals surface area contributed by atoms with Crippen LogP contribution in [0.4, 0.5) is 0 Å². The molecule has 1 aliphatic heterocycles. The summed E-state index contributed by atoms with van der Waals surface area (Å²) < 4.78 is 10.8. The van der Waals surface area contributed by atoms with E-state index in [1.807, 2.05) is 25.1 Å². The summed E-state index contributed by atoms with van der Waals surface area (Å²) in [5.74, 6) is 1.37. The van der Waals surface area contributed by atoms with Gasteiger partial charge in [0.25, 0.3) is 5.91 Å². The summed E-state index contributed by atoms with van der Waals surface area (Å²) in [6, 6.07) is 12.8. The van der Waals surface area contributed by atoms with Crippen LogP contribution in [-0.4, -0.2) is 42.1 Å². The molecule has 0 bridgehead atoms. The van der Waals surface area contributed by atoms with Crippen molar-refractivity contribution in [2.45, 2.75) is 13.0 Å². The summed E-state index contributed by atoms with van der Waals surface area (Å²) in [5, 5.41) is 0. The van der Waals surface area contributed by atoms with Crippen LogP contribution in [0.3, 0.4) is 0 Å². The van der Waals surface area contributed by atoms with Crippen molar-refractivity contribution in [2.75, 3.05) is 20.2 Å². The van der Waals surface area contributed by atoms with Crippen LogP contribution in [0, 0.1) is 6.92 Å². The minimum Gasteiger partial charge on any atom is -0.497 e. The molecular weight excluding hydrogens is 280 g/mol. The van der Waals surface area contributed by atoms with Crippen LogP contribution >= 0.6 is 0 Å². The Morgan fingerprint density at radius 3 is 2.55 bits per heavy atom. The van der Waals surface area contributed by atoms with Gasteiger partial charge in [-0.2, -0.15) is 0 Å². The lowest BCUT2D eigenvalue weighted by Gasteiger charge is -2.38. The Bertz CT molecular complexity index is 664. The standard InChI is InChI=1S/C17H18N2O3/c1-12-4-3-5-16(18-12)22-15-10-19(11-15)17(20)13-6-8-14(21-2)9-7-13/h3-9,15H,10-11H2,1-2H3. The lowest BCUT2D eigenvalue weighted by Crippen LogP contribution is -2.56. The van der Waals surface area contributed by atoms with E-state index in [4.69, 9.17) is 9.47 Å². The Kier molecular flexibility index (Phi) is 3.96. The first kappa shape index (κ1) is 14.4. The van der Waals surface area contributed by atoms with Crippen molar-refractivity contribution < 1.29 is 14.3 Å². The van der Waals surface area contributed by atoms with Crippen molar-refractivity contribution in [3.63, 3.8) is 0 Å². The Hall–Kier alpha value is -2.56. The van der Waals surface area contributed by atoms with Gasteiger partial charge in [0.05, 0.1) is 20.2 Å². The average Bonchev–Trinajstić information content (AvgIpc) is 2.50. The van der Waals surface area contributed by atoms with Gasteiger partial charge >= 0.3 is 0 Å². The van der Waals surface area contributed by atoms with Gasteiger partial charge < -0.3 is 14.4 Å². The highest BCUT2D eigenvalue weighted by Crippen LogP contribution is 2.20. The summed E-state index contributed by atoms with van der Waals surface area (Å²) in [6.07, 6.45) is 0.0106. The fourth-order valence-corrected chi connectivity index (χ4v) is 2.35. The largest absolute Gasteiger partial charge is 0.497 e. The number of benzene rings is 1. The minimum atomic E-state index is 0.0106. The van der Waals surface area contributed by atoms with E-state index >= 15 is 0 Å². The maximum absolute atomic E-state index is 12.3. The smallest absolute Gasteiger partial charge is 0.254 e. The zero-order chi connectivity index (χ0) is 15.5. The van der Waals surface area contributed by atoms with Crippen molar-refractivity contribution in [3.8, 4) is 11.6 Å². The highest BCUT2D eigenvalue weighted by atomic mass is 16.5. The zero-order valence-corrected chi connectivity index (χ0v) is 12.7. The molecule has 0 saturated carbocycles. The number of carbonyl (C=O) groups is 1. The fourth-order valence-electron chi connectivity index (χ4n) is 2.35. The van der Waals surface area contributed by atoms with Gasteiger partial charge in [0.1, 0.15) is 11.9 Å². The maximum atomic E-state index is 12.3. The number of nitrogens with zero attached hydrogens (tertiary/aromatic N) is 2. The van der Waals surface area contributed by atoms with E-state index in [0.717, 1.165) is 11.4 Å². The van der Waals surface area contributed by atoms with Gasteiger partial charge in [-0.15, -0.1) is 0 Å². The van der Waals surface area contributed by atoms with Gasteiger partial charge in [-0.05, 0) is 37.3 Å². The molecule has 1 aromatic carbocycles. The molecule has 1 saturated heterocycles. The third-order valence-corrected chi connectivity index (χ3v) is 3.62. The van der Waals surface area contributed by atoms with Crippen molar-refractivity contribution >= 4 is 5.91 Å². The van der Waals surface area contributed by atoms with Crippen LogP contribution in [0.5, 0.6) is 11.6 Å². The number of likely N-dealkylation sites (tertiary alicyclic amines) is 1. The summed E-state index contributed by atoms with van der Waals surface area (Å²) >= 11 is 0. The van der Waals surface area contributed by atoms with Crippen LogP contribution in [0.15, 0.2) is 42.5 Å². The molecule has 0 spiro atoms. The number of carbonyl (C=O) groups excluding carboxylic acids is 1. The molecule has 0 atom stereocenters. The number of aromatic nitrogens is 1. The maximum Gasteiger partial charge on any atom is 0.254 e. The molecule has 5 heteroatoms. The summed E-state index contributed by atoms with van der Waals surface area (Å²) in [5.41, 5.74) is 1.58. The molecule has 0 unspecified atom stereocenters. The van der Waals surface area contributed by atoms with Crippen molar-refractivity contribution in [3.05, 3.63) is 53.7 Å². The quantitative estimate of drug-likeness (QED) is 0.869. The second-order valence-electron chi connectivity index (χ2n) is 5.30. The number of hydrogen-bond donors (Lipinski definition) is 0. The van der Waals surface area contributed by atoms with E-state index in [-0.39, 0.29) is 12.0 Å². The van der Waals surface area contributed by atoms with Crippen molar-refractivity contribution in [1.82, 2.24) is 9.88 Å². The number of amides is 1. The van der Waals surface area contributed by atoms with E-state index in [2.05, 4.69) is 4.98 Å². The third-order valence-electron chi connectivity index (χ3n) is 3.62. The molecule has 0 N–H and O–H groups in total. The molecule has 1 aromatic heterocycles. The predicted molar refractivity (Wildman–Crippen MR) is 82.3 cm³/mol. The second-order valence-corrected chi connectivity index (χ2v) is 5.30. The molecule has 1 aliphatic rings. The molecule has 114 valence electrons. The van der Waals surface area contributed by atoms with Gasteiger partial charge in [-0.1, -0.05) is 6.07 Å². The van der Waals surface area contributed by atoms with Crippen LogP contribution in [0.2, 0.25) is 0 Å². The number of pyridine rings is 1.